The molecule has 3 rings (SSSR count). The van der Waals surface area contributed by atoms with Gasteiger partial charge in [-0.2, -0.15) is 0 Å². The molecule has 0 bridgehead atoms. The number of aromatic amines is 1. The van der Waals surface area contributed by atoms with Gasteiger partial charge >= 0.3 is 0 Å². The van der Waals surface area contributed by atoms with Gasteiger partial charge in [0.05, 0.1) is 25.5 Å². The van der Waals surface area contributed by atoms with Crippen molar-refractivity contribution < 1.29 is 14.3 Å². The maximum atomic E-state index is 13.1. The molecule has 1 saturated heterocycles. The third-order valence-corrected chi connectivity index (χ3v) is 5.29. The molecule has 0 radical (unpaired) electrons. The molecule has 0 amide bonds. The third-order valence-electron chi connectivity index (χ3n) is 5.29. The van der Waals surface area contributed by atoms with Crippen molar-refractivity contribution in [1.82, 2.24) is 14.9 Å². The Labute approximate surface area is 160 Å². The number of benzene rings is 1. The Morgan fingerprint density at radius 3 is 2.81 bits per heavy atom. The van der Waals surface area contributed by atoms with E-state index in [1.54, 1.807) is 20.3 Å². The number of likely N-dealkylation sites (tertiary alicyclic amines) is 1. The molecule has 1 N–H and O–H groups in total. The molecular weight excluding hydrogens is 342 g/mol. The van der Waals surface area contributed by atoms with E-state index in [4.69, 9.17) is 9.47 Å². The number of ether oxygens (including phenoxy) is 2. The second-order valence-corrected chi connectivity index (χ2v) is 7.11. The van der Waals surface area contributed by atoms with E-state index in [2.05, 4.69) is 28.7 Å². The van der Waals surface area contributed by atoms with Crippen LogP contribution in [0.25, 0.3) is 0 Å². The van der Waals surface area contributed by atoms with Crippen LogP contribution in [0.5, 0.6) is 11.5 Å². The van der Waals surface area contributed by atoms with Crippen molar-refractivity contribution in [2.24, 2.45) is 5.92 Å². The van der Waals surface area contributed by atoms with Crippen LogP contribution in [0.4, 0.5) is 0 Å². The standard InChI is InChI=1S/C21H29N3O3/c1-5-20-22-14(2)18(23-20)13-24-10-6-7-15(12-24)21(25)17-9-8-16(26-3)11-19(17)27-4/h8-9,11,15H,5-7,10,12-13H2,1-4H3,(H,22,23)/t15-/m1/s1. The molecule has 146 valence electrons. The smallest absolute Gasteiger partial charge is 0.170 e. The largest absolute Gasteiger partial charge is 0.497 e. The number of Topliss-reactive ketones (excluding diaryl/α,β-unsaturated/α-hetero) is 1. The molecule has 6 nitrogen and oxygen atoms in total. The van der Waals surface area contributed by atoms with E-state index < -0.39 is 0 Å². The van der Waals surface area contributed by atoms with Crippen LogP contribution in [0, 0.1) is 12.8 Å². The Morgan fingerprint density at radius 2 is 2.15 bits per heavy atom. The third kappa shape index (κ3) is 4.33. The van der Waals surface area contributed by atoms with Crippen LogP contribution in [0.3, 0.4) is 0 Å². The van der Waals surface area contributed by atoms with Gasteiger partial charge in [-0.15, -0.1) is 0 Å². The average Bonchev–Trinajstić information content (AvgIpc) is 3.06. The van der Waals surface area contributed by atoms with Crippen LogP contribution in [0.2, 0.25) is 0 Å². The van der Waals surface area contributed by atoms with Gasteiger partial charge in [0.1, 0.15) is 17.3 Å². The number of piperidine rings is 1. The summed E-state index contributed by atoms with van der Waals surface area (Å²) in [5, 5.41) is 0. The zero-order valence-electron chi connectivity index (χ0n) is 16.7. The molecule has 0 spiro atoms. The number of ketones is 1. The molecule has 1 aromatic carbocycles. The number of carbonyl (C=O) groups is 1. The minimum absolute atomic E-state index is 0.0223. The minimum atomic E-state index is -0.0223. The summed E-state index contributed by atoms with van der Waals surface area (Å²) in [6.45, 7) is 6.70. The van der Waals surface area contributed by atoms with Gasteiger partial charge in [0, 0.05) is 37.2 Å². The lowest BCUT2D eigenvalue weighted by Crippen LogP contribution is -2.38. The van der Waals surface area contributed by atoms with Gasteiger partial charge in [0.2, 0.25) is 0 Å². The predicted molar refractivity (Wildman–Crippen MR) is 105 cm³/mol. The first-order valence-electron chi connectivity index (χ1n) is 9.58. The van der Waals surface area contributed by atoms with Crippen molar-refractivity contribution in [1.29, 1.82) is 0 Å². The van der Waals surface area contributed by atoms with Crippen LogP contribution in [0.1, 0.15) is 47.3 Å². The van der Waals surface area contributed by atoms with E-state index in [0.29, 0.717) is 17.1 Å². The number of hydrogen-bond donors (Lipinski definition) is 1. The van der Waals surface area contributed by atoms with E-state index in [1.165, 1.54) is 0 Å². The number of hydrogen-bond acceptors (Lipinski definition) is 5. The second kappa shape index (κ2) is 8.57. The van der Waals surface area contributed by atoms with Gasteiger partial charge in [0.25, 0.3) is 0 Å². The van der Waals surface area contributed by atoms with Crippen LogP contribution < -0.4 is 9.47 Å². The highest BCUT2D eigenvalue weighted by Gasteiger charge is 2.29. The SMILES string of the molecule is CCc1nc(CN2CCC[C@@H](C(=O)c3ccc(OC)cc3OC)C2)c(C)[nH]1. The van der Waals surface area contributed by atoms with Gasteiger partial charge in [0.15, 0.2) is 5.78 Å². The van der Waals surface area contributed by atoms with E-state index in [1.807, 2.05) is 12.1 Å². The Kier molecular flexibility index (Phi) is 6.16. The summed E-state index contributed by atoms with van der Waals surface area (Å²) < 4.78 is 10.7. The first-order chi connectivity index (χ1) is 13.0. The molecule has 1 aromatic heterocycles. The molecule has 6 heteroatoms. The molecule has 0 saturated carbocycles. The Hall–Kier alpha value is -2.34. The van der Waals surface area contributed by atoms with Crippen molar-refractivity contribution in [3.63, 3.8) is 0 Å². The summed E-state index contributed by atoms with van der Waals surface area (Å²) in [7, 11) is 3.20. The maximum Gasteiger partial charge on any atom is 0.170 e. The van der Waals surface area contributed by atoms with Gasteiger partial charge in [-0.3, -0.25) is 9.69 Å². The van der Waals surface area contributed by atoms with Gasteiger partial charge < -0.3 is 14.5 Å². The number of H-pyrrole nitrogens is 1. The van der Waals surface area contributed by atoms with Gasteiger partial charge in [-0.05, 0) is 38.4 Å². The van der Waals surface area contributed by atoms with Crippen molar-refractivity contribution in [3.05, 3.63) is 41.0 Å². The number of aromatic nitrogens is 2. The van der Waals surface area contributed by atoms with Crippen molar-refractivity contribution in [2.75, 3.05) is 27.3 Å². The van der Waals surface area contributed by atoms with E-state index in [9.17, 15) is 4.79 Å². The van der Waals surface area contributed by atoms with Crippen LogP contribution in [0.15, 0.2) is 18.2 Å². The summed E-state index contributed by atoms with van der Waals surface area (Å²) in [6.07, 6.45) is 2.82. The van der Waals surface area contributed by atoms with Crippen molar-refractivity contribution in [3.8, 4) is 11.5 Å². The molecule has 0 unspecified atom stereocenters. The predicted octanol–water partition coefficient (Wildman–Crippen LogP) is 3.39. The molecule has 0 aliphatic carbocycles. The zero-order valence-corrected chi connectivity index (χ0v) is 16.7. The number of carbonyl (C=O) groups excluding carboxylic acids is 1. The highest BCUT2D eigenvalue weighted by molar-refractivity contribution is 6.00. The van der Waals surface area contributed by atoms with E-state index in [-0.39, 0.29) is 11.7 Å². The van der Waals surface area contributed by atoms with Crippen molar-refractivity contribution >= 4 is 5.78 Å². The zero-order chi connectivity index (χ0) is 19.4. The van der Waals surface area contributed by atoms with Gasteiger partial charge in [-0.25, -0.2) is 4.98 Å². The van der Waals surface area contributed by atoms with Crippen LogP contribution >= 0.6 is 0 Å². The molecule has 1 aliphatic rings. The number of nitrogens with zero attached hydrogens (tertiary/aromatic N) is 2. The summed E-state index contributed by atoms with van der Waals surface area (Å²) in [4.78, 5) is 23.5. The fourth-order valence-corrected chi connectivity index (χ4v) is 3.73. The lowest BCUT2D eigenvalue weighted by Gasteiger charge is -2.31. The highest BCUT2D eigenvalue weighted by Crippen LogP contribution is 2.30. The molecule has 1 aliphatic heterocycles. The summed E-state index contributed by atoms with van der Waals surface area (Å²) in [5.41, 5.74) is 2.84. The maximum absolute atomic E-state index is 13.1. The minimum Gasteiger partial charge on any atom is -0.497 e. The Bertz CT molecular complexity index is 800. The number of methoxy groups -OCH3 is 2. The number of aryl methyl sites for hydroxylation is 2. The summed E-state index contributed by atoms with van der Waals surface area (Å²) in [6, 6.07) is 5.40. The molecule has 2 heterocycles. The summed E-state index contributed by atoms with van der Waals surface area (Å²) in [5.74, 6) is 2.41. The fourth-order valence-electron chi connectivity index (χ4n) is 3.73. The second-order valence-electron chi connectivity index (χ2n) is 7.11. The van der Waals surface area contributed by atoms with E-state index >= 15 is 0 Å². The van der Waals surface area contributed by atoms with Crippen molar-refractivity contribution in [2.45, 2.75) is 39.7 Å². The molecule has 2 aromatic rings. The monoisotopic (exact) mass is 371 g/mol. The topological polar surface area (TPSA) is 67.5 Å². The Balaban J connectivity index is 1.72. The summed E-state index contributed by atoms with van der Waals surface area (Å²) >= 11 is 0. The highest BCUT2D eigenvalue weighted by atomic mass is 16.5. The van der Waals surface area contributed by atoms with Gasteiger partial charge in [-0.1, -0.05) is 6.92 Å². The molecular formula is C21H29N3O3. The van der Waals surface area contributed by atoms with Crippen LogP contribution in [-0.4, -0.2) is 48.0 Å². The number of nitrogens with one attached hydrogen (secondary N) is 1. The lowest BCUT2D eigenvalue weighted by atomic mass is 9.89. The first-order valence-corrected chi connectivity index (χ1v) is 9.58. The lowest BCUT2D eigenvalue weighted by molar-refractivity contribution is 0.0807. The molecule has 1 atom stereocenters. The first kappa shape index (κ1) is 19.4. The molecule has 1 fully saturated rings. The Morgan fingerprint density at radius 1 is 1.33 bits per heavy atom. The fraction of sp³-hybridized carbons (Fsp3) is 0.524. The quantitative estimate of drug-likeness (QED) is 0.756. The number of imidazole rings is 1. The normalized spacial score (nSPS) is 17.7. The van der Waals surface area contributed by atoms with Crippen LogP contribution in [-0.2, 0) is 13.0 Å². The molecule has 27 heavy (non-hydrogen) atoms. The number of rotatable bonds is 7. The average molecular weight is 371 g/mol. The van der Waals surface area contributed by atoms with E-state index in [0.717, 1.165) is 56.1 Å².